The van der Waals surface area contributed by atoms with Crippen molar-refractivity contribution in [2.45, 2.75) is 0 Å². The van der Waals surface area contributed by atoms with Crippen LogP contribution in [0.1, 0.15) is 5.56 Å². The van der Waals surface area contributed by atoms with Gasteiger partial charge in [0.05, 0.1) is 11.3 Å². The normalized spacial score (nSPS) is 9.83. The first-order chi connectivity index (χ1) is 8.61. The predicted octanol–water partition coefficient (Wildman–Crippen LogP) is 3.73. The zero-order chi connectivity index (χ0) is 13.1. The van der Waals surface area contributed by atoms with E-state index < -0.39 is 5.82 Å². The number of hydrogen-bond acceptors (Lipinski definition) is 3. The van der Waals surface area contributed by atoms with E-state index in [2.05, 4.69) is 0 Å². The number of nitriles is 1. The van der Waals surface area contributed by atoms with E-state index >= 15 is 0 Å². The van der Waals surface area contributed by atoms with Crippen LogP contribution in [-0.4, -0.2) is 0 Å². The van der Waals surface area contributed by atoms with Crippen LogP contribution >= 0.6 is 11.6 Å². The molecule has 0 aromatic heterocycles. The lowest BCUT2D eigenvalue weighted by Gasteiger charge is -2.10. The highest BCUT2D eigenvalue weighted by atomic mass is 35.5. The van der Waals surface area contributed by atoms with Crippen LogP contribution in [0.4, 0.5) is 10.1 Å². The van der Waals surface area contributed by atoms with Gasteiger partial charge < -0.3 is 10.5 Å². The minimum Gasteiger partial charge on any atom is -0.451 e. The molecule has 0 bridgehead atoms. The minimum absolute atomic E-state index is 0.101. The molecule has 0 radical (unpaired) electrons. The Hall–Kier alpha value is -2.25. The van der Waals surface area contributed by atoms with Gasteiger partial charge in [-0.3, -0.25) is 0 Å². The van der Waals surface area contributed by atoms with Crippen molar-refractivity contribution in [1.82, 2.24) is 0 Å². The maximum atomic E-state index is 13.5. The van der Waals surface area contributed by atoms with E-state index in [1.165, 1.54) is 30.3 Å². The van der Waals surface area contributed by atoms with Crippen molar-refractivity contribution >= 4 is 17.3 Å². The molecule has 0 aliphatic rings. The summed E-state index contributed by atoms with van der Waals surface area (Å²) in [6.07, 6.45) is 0. The third kappa shape index (κ3) is 2.36. The zero-order valence-corrected chi connectivity index (χ0v) is 9.91. The van der Waals surface area contributed by atoms with Gasteiger partial charge in [-0.25, -0.2) is 4.39 Å². The summed E-state index contributed by atoms with van der Waals surface area (Å²) >= 11 is 5.76. The summed E-state index contributed by atoms with van der Waals surface area (Å²) in [6.45, 7) is 0. The highest BCUT2D eigenvalue weighted by molar-refractivity contribution is 6.30. The van der Waals surface area contributed by atoms with Crippen LogP contribution in [0, 0.1) is 17.1 Å². The molecule has 2 N–H and O–H groups in total. The lowest BCUT2D eigenvalue weighted by molar-refractivity contribution is 0.443. The molecule has 90 valence electrons. The molecule has 0 atom stereocenters. The molecule has 0 amide bonds. The maximum absolute atomic E-state index is 13.5. The number of ether oxygens (including phenoxy) is 1. The molecule has 0 saturated heterocycles. The van der Waals surface area contributed by atoms with Gasteiger partial charge in [-0.15, -0.1) is 0 Å². The van der Waals surface area contributed by atoms with E-state index in [9.17, 15) is 4.39 Å². The van der Waals surface area contributed by atoms with Crippen LogP contribution in [-0.2, 0) is 0 Å². The lowest BCUT2D eigenvalue weighted by atomic mass is 10.2. The molecule has 5 heteroatoms. The van der Waals surface area contributed by atoms with Gasteiger partial charge in [-0.05, 0) is 30.3 Å². The molecule has 0 spiro atoms. The fourth-order valence-electron chi connectivity index (χ4n) is 1.42. The van der Waals surface area contributed by atoms with E-state index in [0.29, 0.717) is 5.02 Å². The Bertz CT molecular complexity index is 617. The molecular weight excluding hydrogens is 255 g/mol. The second-order valence-corrected chi connectivity index (χ2v) is 3.95. The van der Waals surface area contributed by atoms with Crippen molar-refractivity contribution < 1.29 is 9.13 Å². The summed E-state index contributed by atoms with van der Waals surface area (Å²) < 4.78 is 18.9. The Labute approximate surface area is 108 Å². The van der Waals surface area contributed by atoms with Crippen LogP contribution in [0.5, 0.6) is 11.5 Å². The fourth-order valence-corrected chi connectivity index (χ4v) is 1.59. The molecule has 2 aromatic carbocycles. The van der Waals surface area contributed by atoms with Crippen LogP contribution < -0.4 is 10.5 Å². The van der Waals surface area contributed by atoms with E-state index in [1.54, 1.807) is 6.07 Å². The summed E-state index contributed by atoms with van der Waals surface area (Å²) in [7, 11) is 0. The molecule has 0 heterocycles. The number of halogens is 2. The van der Waals surface area contributed by atoms with Gasteiger partial charge in [0, 0.05) is 5.02 Å². The van der Waals surface area contributed by atoms with Gasteiger partial charge in [-0.1, -0.05) is 17.7 Å². The Morgan fingerprint density at radius 3 is 2.72 bits per heavy atom. The number of benzene rings is 2. The smallest absolute Gasteiger partial charge is 0.185 e. The molecule has 18 heavy (non-hydrogen) atoms. The van der Waals surface area contributed by atoms with Gasteiger partial charge in [0.25, 0.3) is 0 Å². The SMILES string of the molecule is N#Cc1cc(Cl)ccc1Oc1c(N)cccc1F. The van der Waals surface area contributed by atoms with Crippen molar-refractivity contribution in [3.05, 3.63) is 52.8 Å². The van der Waals surface area contributed by atoms with Gasteiger partial charge in [0.2, 0.25) is 0 Å². The third-order valence-corrected chi connectivity index (χ3v) is 2.51. The fraction of sp³-hybridized carbons (Fsp3) is 0. The molecule has 3 nitrogen and oxygen atoms in total. The van der Waals surface area contributed by atoms with Crippen LogP contribution in [0.15, 0.2) is 36.4 Å². The molecule has 2 aromatic rings. The summed E-state index contributed by atoms with van der Waals surface area (Å²) in [5, 5.41) is 9.35. The molecule has 0 unspecified atom stereocenters. The Kier molecular flexibility index (Phi) is 3.35. The molecular formula is C13H8ClFN2O. The van der Waals surface area contributed by atoms with E-state index in [1.807, 2.05) is 6.07 Å². The van der Waals surface area contributed by atoms with Crippen molar-refractivity contribution in [3.8, 4) is 17.6 Å². The lowest BCUT2D eigenvalue weighted by Crippen LogP contribution is -1.96. The Morgan fingerprint density at radius 2 is 2.06 bits per heavy atom. The molecule has 0 aliphatic carbocycles. The average molecular weight is 263 g/mol. The van der Waals surface area contributed by atoms with Crippen LogP contribution in [0.25, 0.3) is 0 Å². The third-order valence-electron chi connectivity index (χ3n) is 2.27. The Morgan fingerprint density at radius 1 is 1.28 bits per heavy atom. The van der Waals surface area contributed by atoms with Crippen LogP contribution in [0.3, 0.4) is 0 Å². The number of nitrogen functional groups attached to an aromatic ring is 1. The monoisotopic (exact) mass is 262 g/mol. The predicted molar refractivity (Wildman–Crippen MR) is 67.1 cm³/mol. The average Bonchev–Trinajstić information content (AvgIpc) is 2.35. The molecule has 2 rings (SSSR count). The van der Waals surface area contributed by atoms with Crippen LogP contribution in [0.2, 0.25) is 5.02 Å². The van der Waals surface area contributed by atoms with E-state index in [4.69, 9.17) is 27.3 Å². The van der Waals surface area contributed by atoms with E-state index in [-0.39, 0.29) is 22.7 Å². The molecule has 0 fully saturated rings. The second-order valence-electron chi connectivity index (χ2n) is 3.51. The summed E-state index contributed by atoms with van der Waals surface area (Å²) in [5.41, 5.74) is 5.99. The number of rotatable bonds is 2. The number of para-hydroxylation sites is 1. The first-order valence-electron chi connectivity index (χ1n) is 5.03. The topological polar surface area (TPSA) is 59.0 Å². The van der Waals surface area contributed by atoms with Crippen molar-refractivity contribution in [2.24, 2.45) is 0 Å². The first kappa shape index (κ1) is 12.2. The van der Waals surface area contributed by atoms with Crippen molar-refractivity contribution in [2.75, 3.05) is 5.73 Å². The number of anilines is 1. The standard InChI is InChI=1S/C13H8ClFN2O/c14-9-4-5-12(8(6-9)7-16)18-13-10(15)2-1-3-11(13)17/h1-6H,17H2. The van der Waals surface area contributed by atoms with Crippen molar-refractivity contribution in [1.29, 1.82) is 5.26 Å². The summed E-state index contributed by atoms with van der Waals surface area (Å²) in [4.78, 5) is 0. The van der Waals surface area contributed by atoms with Crippen molar-refractivity contribution in [3.63, 3.8) is 0 Å². The second kappa shape index (κ2) is 4.94. The number of nitrogens with two attached hydrogens (primary N) is 1. The van der Waals surface area contributed by atoms with Gasteiger partial charge in [-0.2, -0.15) is 5.26 Å². The number of nitrogens with zero attached hydrogens (tertiary/aromatic N) is 1. The summed E-state index contributed by atoms with van der Waals surface area (Å²) in [6, 6.07) is 10.6. The van der Waals surface area contributed by atoms with Gasteiger partial charge >= 0.3 is 0 Å². The zero-order valence-electron chi connectivity index (χ0n) is 9.15. The molecule has 0 saturated carbocycles. The highest BCUT2D eigenvalue weighted by Crippen LogP contribution is 2.32. The van der Waals surface area contributed by atoms with Gasteiger partial charge in [0.15, 0.2) is 11.6 Å². The minimum atomic E-state index is -0.589. The molecule has 0 aliphatic heterocycles. The summed E-state index contributed by atoms with van der Waals surface area (Å²) in [5.74, 6) is -0.483. The Balaban J connectivity index is 2.44. The largest absolute Gasteiger partial charge is 0.451 e. The maximum Gasteiger partial charge on any atom is 0.185 e. The first-order valence-corrected chi connectivity index (χ1v) is 5.41. The highest BCUT2D eigenvalue weighted by Gasteiger charge is 2.11. The van der Waals surface area contributed by atoms with Gasteiger partial charge in [0.1, 0.15) is 11.8 Å². The number of hydrogen-bond donors (Lipinski definition) is 1. The quantitative estimate of drug-likeness (QED) is 0.839. The van der Waals surface area contributed by atoms with E-state index in [0.717, 1.165) is 0 Å².